The van der Waals surface area contributed by atoms with Crippen LogP contribution in [0.1, 0.15) is 41.6 Å². The van der Waals surface area contributed by atoms with Gasteiger partial charge in [0.05, 0.1) is 16.4 Å². The Morgan fingerprint density at radius 2 is 1.50 bits per heavy atom. The monoisotopic (exact) mass is 562 g/mol. The molecule has 3 aliphatic heterocycles. The fraction of sp³-hybridized carbons (Fsp3) is 0.353. The Bertz CT molecular complexity index is 1660. The zero-order valence-electron chi connectivity index (χ0n) is 23.6. The van der Waals surface area contributed by atoms with Gasteiger partial charge >= 0.3 is 0 Å². The Morgan fingerprint density at radius 3 is 2.19 bits per heavy atom. The quantitative estimate of drug-likeness (QED) is 0.178. The molecule has 1 unspecified atom stereocenters. The number of piperidine rings is 2. The summed E-state index contributed by atoms with van der Waals surface area (Å²) in [7, 11) is 0. The summed E-state index contributed by atoms with van der Waals surface area (Å²) in [5, 5.41) is 15.3. The van der Waals surface area contributed by atoms with Crippen molar-refractivity contribution < 1.29 is 14.5 Å². The molecule has 214 valence electrons. The van der Waals surface area contributed by atoms with Gasteiger partial charge in [-0.25, -0.2) is 0 Å². The van der Waals surface area contributed by atoms with Gasteiger partial charge in [-0.05, 0) is 77.9 Å². The van der Waals surface area contributed by atoms with Crippen LogP contribution < -0.4 is 4.90 Å². The van der Waals surface area contributed by atoms with Crippen LogP contribution in [0.25, 0.3) is 21.5 Å². The van der Waals surface area contributed by atoms with Crippen molar-refractivity contribution in [3.63, 3.8) is 0 Å². The summed E-state index contributed by atoms with van der Waals surface area (Å²) >= 11 is 0. The number of carbonyl (C=O) groups excluding carboxylic acids is 2. The molecule has 0 spiro atoms. The number of nitrogens with zero attached hydrogens (tertiary/aromatic N) is 4. The number of anilines is 1. The highest BCUT2D eigenvalue weighted by atomic mass is 16.6. The molecular formula is C34H34N4O4. The predicted octanol–water partition coefficient (Wildman–Crippen LogP) is 5.81. The van der Waals surface area contributed by atoms with Gasteiger partial charge in [0.15, 0.2) is 0 Å². The standard InChI is InChI=1S/C34H34N4O4/c39-33(37-19-13-25-21-28(38(41)42)11-12-31(25)37)26-8-5-16-36(22-26)27-14-17-35(18-15-27)34(40)32-29-9-3-1-6-23(29)20-24-7-2-4-10-30(24)32/h1-4,6-7,9-12,20-21,26-27H,5,8,13-19,22H2. The van der Waals surface area contributed by atoms with Crippen molar-refractivity contribution in [2.45, 2.75) is 38.1 Å². The zero-order valence-corrected chi connectivity index (χ0v) is 23.6. The molecule has 8 nitrogen and oxygen atoms in total. The average molecular weight is 563 g/mol. The van der Waals surface area contributed by atoms with Gasteiger partial charge in [0.2, 0.25) is 5.91 Å². The summed E-state index contributed by atoms with van der Waals surface area (Å²) < 4.78 is 0. The summed E-state index contributed by atoms with van der Waals surface area (Å²) in [6.07, 6.45) is 4.27. The molecule has 7 rings (SSSR count). The molecule has 2 saturated heterocycles. The van der Waals surface area contributed by atoms with Crippen molar-refractivity contribution in [1.29, 1.82) is 0 Å². The normalized spacial score (nSPS) is 19.8. The molecule has 3 aliphatic rings. The molecule has 2 fully saturated rings. The molecule has 8 heteroatoms. The first-order chi connectivity index (χ1) is 20.5. The smallest absolute Gasteiger partial charge is 0.269 e. The SMILES string of the molecule is O=C(c1c2ccccc2cc2ccccc12)N1CCC(N2CCCC(C(=O)N3CCc4cc([N+](=O)[O-])ccc43)C2)CC1. The summed E-state index contributed by atoms with van der Waals surface area (Å²) in [5.41, 5.74) is 2.56. The number of nitro benzene ring substituents is 1. The third-order valence-corrected chi connectivity index (χ3v) is 9.49. The van der Waals surface area contributed by atoms with E-state index in [4.69, 9.17) is 0 Å². The van der Waals surface area contributed by atoms with E-state index in [-0.39, 0.29) is 28.3 Å². The third kappa shape index (κ3) is 4.69. The highest BCUT2D eigenvalue weighted by Crippen LogP contribution is 2.35. The second kappa shape index (κ2) is 10.8. The van der Waals surface area contributed by atoms with E-state index in [0.29, 0.717) is 32.1 Å². The van der Waals surface area contributed by atoms with Crippen molar-refractivity contribution in [2.24, 2.45) is 5.92 Å². The maximum Gasteiger partial charge on any atom is 0.269 e. The minimum atomic E-state index is -0.382. The molecular weight excluding hydrogens is 528 g/mol. The number of likely N-dealkylation sites (tertiary alicyclic amines) is 2. The van der Waals surface area contributed by atoms with E-state index in [9.17, 15) is 19.7 Å². The molecule has 0 bridgehead atoms. The number of benzene rings is 4. The molecule has 1 atom stereocenters. The minimum absolute atomic E-state index is 0.0744. The van der Waals surface area contributed by atoms with Crippen LogP contribution in [-0.4, -0.2) is 65.3 Å². The van der Waals surface area contributed by atoms with Crippen LogP contribution in [0, 0.1) is 16.0 Å². The van der Waals surface area contributed by atoms with E-state index < -0.39 is 0 Å². The molecule has 0 saturated carbocycles. The fourth-order valence-corrected chi connectivity index (χ4v) is 7.33. The number of hydrogen-bond acceptors (Lipinski definition) is 5. The van der Waals surface area contributed by atoms with E-state index in [1.807, 2.05) is 46.2 Å². The first kappa shape index (κ1) is 26.6. The molecule has 0 aliphatic carbocycles. The lowest BCUT2D eigenvalue weighted by atomic mass is 9.92. The summed E-state index contributed by atoms with van der Waals surface area (Å²) in [6.45, 7) is 3.68. The second-order valence-corrected chi connectivity index (χ2v) is 11.9. The molecule has 4 aromatic rings. The Kier molecular flexibility index (Phi) is 6.86. The number of amides is 2. The number of carbonyl (C=O) groups is 2. The maximum absolute atomic E-state index is 14.0. The molecule has 0 radical (unpaired) electrons. The Hall–Kier alpha value is -4.30. The number of hydrogen-bond donors (Lipinski definition) is 0. The second-order valence-electron chi connectivity index (χ2n) is 11.9. The van der Waals surface area contributed by atoms with Crippen molar-refractivity contribution in [2.75, 3.05) is 37.6 Å². The Labute approximate surface area is 244 Å². The van der Waals surface area contributed by atoms with Gasteiger partial charge in [0, 0.05) is 50.0 Å². The lowest BCUT2D eigenvalue weighted by Crippen LogP contribution is -2.52. The Morgan fingerprint density at radius 1 is 0.810 bits per heavy atom. The lowest BCUT2D eigenvalue weighted by Gasteiger charge is -2.42. The van der Waals surface area contributed by atoms with E-state index in [1.165, 1.54) is 6.07 Å². The van der Waals surface area contributed by atoms with E-state index >= 15 is 0 Å². The third-order valence-electron chi connectivity index (χ3n) is 9.49. The van der Waals surface area contributed by atoms with E-state index in [1.54, 1.807) is 12.1 Å². The van der Waals surface area contributed by atoms with Crippen molar-refractivity contribution in [3.05, 3.63) is 94.0 Å². The van der Waals surface area contributed by atoms with Crippen molar-refractivity contribution in [3.8, 4) is 0 Å². The topological polar surface area (TPSA) is 87.0 Å². The molecule has 0 aromatic heterocycles. The van der Waals surface area contributed by atoms with Gasteiger partial charge < -0.3 is 9.80 Å². The van der Waals surface area contributed by atoms with Gasteiger partial charge in [-0.15, -0.1) is 0 Å². The predicted molar refractivity (Wildman–Crippen MR) is 164 cm³/mol. The minimum Gasteiger partial charge on any atom is -0.338 e. The lowest BCUT2D eigenvalue weighted by molar-refractivity contribution is -0.384. The van der Waals surface area contributed by atoms with Gasteiger partial charge in [0.1, 0.15) is 0 Å². The molecule has 4 aromatic carbocycles. The van der Waals surface area contributed by atoms with E-state index in [2.05, 4.69) is 23.1 Å². The van der Waals surface area contributed by atoms with Crippen LogP contribution in [0.15, 0.2) is 72.8 Å². The number of non-ortho nitro benzene ring substituents is 1. The van der Waals surface area contributed by atoms with Crippen LogP contribution >= 0.6 is 0 Å². The van der Waals surface area contributed by atoms with Crippen LogP contribution in [0.2, 0.25) is 0 Å². The number of rotatable bonds is 4. The largest absolute Gasteiger partial charge is 0.338 e. The number of nitro groups is 1. The highest BCUT2D eigenvalue weighted by Gasteiger charge is 2.37. The van der Waals surface area contributed by atoms with Crippen LogP contribution in [0.4, 0.5) is 11.4 Å². The Balaban J connectivity index is 1.03. The van der Waals surface area contributed by atoms with Gasteiger partial charge in [0.25, 0.3) is 11.6 Å². The van der Waals surface area contributed by atoms with Crippen LogP contribution in [0.3, 0.4) is 0 Å². The molecule has 42 heavy (non-hydrogen) atoms. The van der Waals surface area contributed by atoms with Crippen molar-refractivity contribution in [1.82, 2.24) is 9.80 Å². The molecule has 0 N–H and O–H groups in total. The van der Waals surface area contributed by atoms with Crippen LogP contribution in [0.5, 0.6) is 0 Å². The zero-order chi connectivity index (χ0) is 28.8. The van der Waals surface area contributed by atoms with E-state index in [0.717, 1.165) is 77.1 Å². The molecule has 2 amide bonds. The highest BCUT2D eigenvalue weighted by molar-refractivity contribution is 6.18. The van der Waals surface area contributed by atoms with Gasteiger partial charge in [-0.2, -0.15) is 0 Å². The fourth-order valence-electron chi connectivity index (χ4n) is 7.33. The van der Waals surface area contributed by atoms with Gasteiger partial charge in [-0.3, -0.25) is 24.6 Å². The summed E-state index contributed by atoms with van der Waals surface area (Å²) in [5.74, 6) is 0.144. The average Bonchev–Trinajstić information content (AvgIpc) is 3.46. The van der Waals surface area contributed by atoms with Crippen LogP contribution in [-0.2, 0) is 11.2 Å². The first-order valence-corrected chi connectivity index (χ1v) is 15.0. The maximum atomic E-state index is 14.0. The van der Waals surface area contributed by atoms with Gasteiger partial charge in [-0.1, -0.05) is 48.5 Å². The summed E-state index contributed by atoms with van der Waals surface area (Å²) in [4.78, 5) is 44.7. The van der Waals surface area contributed by atoms with Crippen molar-refractivity contribution >= 4 is 44.7 Å². The first-order valence-electron chi connectivity index (χ1n) is 15.0. The number of fused-ring (bicyclic) bond motifs is 3. The molecule has 3 heterocycles. The summed E-state index contributed by atoms with van der Waals surface area (Å²) in [6, 6.07) is 23.6.